The Labute approximate surface area is 80.8 Å². The standard InChI is InChI=1S/C9H13F3N2/c1-2-3-4-7(13)8(14)5-6-9(10,11)12/h2-5H,6,13-14H2,1H3/b3-2-,7-4-,8-5-. The van der Waals surface area contributed by atoms with Crippen LogP contribution < -0.4 is 11.5 Å². The fourth-order valence-corrected chi connectivity index (χ4v) is 0.640. The Bertz CT molecular complexity index is 262. The molecule has 0 aromatic heterocycles. The number of hydrogen-bond acceptors (Lipinski definition) is 2. The Hall–Kier alpha value is -1.39. The molecule has 2 nitrogen and oxygen atoms in total. The fraction of sp³-hybridized carbons (Fsp3) is 0.333. The molecule has 0 unspecified atom stereocenters. The summed E-state index contributed by atoms with van der Waals surface area (Å²) in [6, 6.07) is 0. The Morgan fingerprint density at radius 1 is 1.21 bits per heavy atom. The molecule has 0 atom stereocenters. The molecule has 4 N–H and O–H groups in total. The highest BCUT2D eigenvalue weighted by Crippen LogP contribution is 2.20. The van der Waals surface area contributed by atoms with E-state index in [1.54, 1.807) is 19.1 Å². The van der Waals surface area contributed by atoms with Gasteiger partial charge < -0.3 is 11.5 Å². The van der Waals surface area contributed by atoms with Crippen molar-refractivity contribution in [2.45, 2.75) is 19.5 Å². The third-order valence-corrected chi connectivity index (χ3v) is 1.35. The molecule has 0 aliphatic heterocycles. The largest absolute Gasteiger partial charge is 0.397 e. The van der Waals surface area contributed by atoms with Gasteiger partial charge in [-0.1, -0.05) is 18.2 Å². The first-order chi connectivity index (χ1) is 6.37. The number of nitrogens with two attached hydrogens (primary N) is 2. The Morgan fingerprint density at radius 2 is 1.79 bits per heavy atom. The van der Waals surface area contributed by atoms with Gasteiger partial charge in [0.2, 0.25) is 0 Å². The highest BCUT2D eigenvalue weighted by molar-refractivity contribution is 5.28. The maximum atomic E-state index is 11.8. The van der Waals surface area contributed by atoms with Crippen LogP contribution in [0.4, 0.5) is 13.2 Å². The SMILES string of the molecule is C\C=C/C=C(N)/C(N)=C/CC(F)(F)F. The highest BCUT2D eigenvalue weighted by atomic mass is 19.4. The van der Waals surface area contributed by atoms with Crippen LogP contribution in [0, 0.1) is 0 Å². The van der Waals surface area contributed by atoms with Gasteiger partial charge in [0.25, 0.3) is 0 Å². The summed E-state index contributed by atoms with van der Waals surface area (Å²) in [5, 5.41) is 0. The Kier molecular flexibility index (Phi) is 4.83. The van der Waals surface area contributed by atoms with E-state index in [4.69, 9.17) is 11.5 Å². The molecule has 0 aromatic rings. The van der Waals surface area contributed by atoms with Crippen LogP contribution in [0.3, 0.4) is 0 Å². The van der Waals surface area contributed by atoms with Gasteiger partial charge in [-0.15, -0.1) is 0 Å². The fourth-order valence-electron chi connectivity index (χ4n) is 0.640. The van der Waals surface area contributed by atoms with E-state index in [-0.39, 0.29) is 11.4 Å². The molecule has 0 rings (SSSR count). The van der Waals surface area contributed by atoms with E-state index in [1.165, 1.54) is 6.08 Å². The van der Waals surface area contributed by atoms with Gasteiger partial charge in [-0.2, -0.15) is 13.2 Å². The highest BCUT2D eigenvalue weighted by Gasteiger charge is 2.25. The lowest BCUT2D eigenvalue weighted by Crippen LogP contribution is -2.12. The molecular weight excluding hydrogens is 193 g/mol. The lowest BCUT2D eigenvalue weighted by atomic mass is 10.2. The minimum absolute atomic E-state index is 0.0552. The summed E-state index contributed by atoms with van der Waals surface area (Å²) >= 11 is 0. The molecule has 0 fully saturated rings. The van der Waals surface area contributed by atoms with E-state index in [9.17, 15) is 13.2 Å². The summed E-state index contributed by atoms with van der Waals surface area (Å²) in [7, 11) is 0. The average molecular weight is 206 g/mol. The summed E-state index contributed by atoms with van der Waals surface area (Å²) in [6.45, 7) is 1.76. The van der Waals surface area contributed by atoms with E-state index in [2.05, 4.69) is 0 Å². The van der Waals surface area contributed by atoms with E-state index >= 15 is 0 Å². The number of halogens is 3. The quantitative estimate of drug-likeness (QED) is 0.695. The molecule has 0 amide bonds. The van der Waals surface area contributed by atoms with Crippen LogP contribution in [-0.4, -0.2) is 6.18 Å². The van der Waals surface area contributed by atoms with Gasteiger partial charge in [-0.05, 0) is 13.0 Å². The van der Waals surface area contributed by atoms with Crippen LogP contribution in [-0.2, 0) is 0 Å². The molecular formula is C9H13F3N2. The van der Waals surface area contributed by atoms with Gasteiger partial charge in [0, 0.05) is 0 Å². The van der Waals surface area contributed by atoms with Gasteiger partial charge in [0.1, 0.15) is 0 Å². The van der Waals surface area contributed by atoms with Gasteiger partial charge in [-0.25, -0.2) is 0 Å². The summed E-state index contributed by atoms with van der Waals surface area (Å²) in [5.74, 6) is 0. The zero-order chi connectivity index (χ0) is 11.2. The lowest BCUT2D eigenvalue weighted by molar-refractivity contribution is -0.125. The summed E-state index contributed by atoms with van der Waals surface area (Å²) in [4.78, 5) is 0. The van der Waals surface area contributed by atoms with Gasteiger partial charge in [0.05, 0.1) is 17.8 Å². The molecule has 0 saturated heterocycles. The molecule has 0 aromatic carbocycles. The van der Waals surface area contributed by atoms with Crippen molar-refractivity contribution in [2.75, 3.05) is 0 Å². The Balaban J connectivity index is 4.38. The van der Waals surface area contributed by atoms with Crippen LogP contribution in [0.2, 0.25) is 0 Å². The van der Waals surface area contributed by atoms with Crippen molar-refractivity contribution in [3.05, 3.63) is 35.7 Å². The number of rotatable bonds is 3. The molecule has 0 saturated carbocycles. The predicted octanol–water partition coefficient (Wildman–Crippen LogP) is 2.20. The average Bonchev–Trinajstić information content (AvgIpc) is 2.09. The van der Waals surface area contributed by atoms with Gasteiger partial charge in [-0.3, -0.25) is 0 Å². The molecule has 5 heteroatoms. The first-order valence-electron chi connectivity index (χ1n) is 3.98. The van der Waals surface area contributed by atoms with Crippen LogP contribution in [0.1, 0.15) is 13.3 Å². The second-order valence-corrected chi connectivity index (χ2v) is 2.63. The molecule has 0 aliphatic carbocycles. The zero-order valence-corrected chi connectivity index (χ0v) is 7.81. The topological polar surface area (TPSA) is 52.0 Å². The molecule has 80 valence electrons. The summed E-state index contributed by atoms with van der Waals surface area (Å²) < 4.78 is 35.3. The van der Waals surface area contributed by atoms with Crippen molar-refractivity contribution in [3.63, 3.8) is 0 Å². The van der Waals surface area contributed by atoms with E-state index in [0.29, 0.717) is 0 Å². The molecule has 0 bridgehead atoms. The van der Waals surface area contributed by atoms with Gasteiger partial charge in [0.15, 0.2) is 0 Å². The van der Waals surface area contributed by atoms with Crippen LogP contribution in [0.5, 0.6) is 0 Å². The number of allylic oxidation sites excluding steroid dienone is 4. The second-order valence-electron chi connectivity index (χ2n) is 2.63. The van der Waals surface area contributed by atoms with Crippen molar-refractivity contribution < 1.29 is 13.2 Å². The molecule has 0 spiro atoms. The van der Waals surface area contributed by atoms with E-state index in [0.717, 1.165) is 6.08 Å². The van der Waals surface area contributed by atoms with Crippen molar-refractivity contribution in [1.29, 1.82) is 0 Å². The first-order valence-corrected chi connectivity index (χ1v) is 3.98. The Morgan fingerprint density at radius 3 is 2.21 bits per heavy atom. The molecule has 0 heterocycles. The monoisotopic (exact) mass is 206 g/mol. The molecule has 0 aliphatic rings. The van der Waals surface area contributed by atoms with Crippen LogP contribution in [0.15, 0.2) is 35.7 Å². The molecule has 0 radical (unpaired) electrons. The molecule has 14 heavy (non-hydrogen) atoms. The zero-order valence-electron chi connectivity index (χ0n) is 7.81. The summed E-state index contributed by atoms with van der Waals surface area (Å²) in [5.41, 5.74) is 10.8. The smallest absolute Gasteiger partial charge is 0.392 e. The normalized spacial score (nSPS) is 15.1. The van der Waals surface area contributed by atoms with Crippen molar-refractivity contribution in [3.8, 4) is 0 Å². The summed E-state index contributed by atoms with van der Waals surface area (Å²) in [6.07, 6.45) is 0.291. The van der Waals surface area contributed by atoms with Gasteiger partial charge >= 0.3 is 6.18 Å². The third kappa shape index (κ3) is 6.16. The maximum Gasteiger partial charge on any atom is 0.392 e. The first kappa shape index (κ1) is 12.6. The minimum atomic E-state index is -4.24. The predicted molar refractivity (Wildman–Crippen MR) is 50.0 cm³/mol. The number of hydrogen-bond donors (Lipinski definition) is 2. The number of alkyl halides is 3. The van der Waals surface area contributed by atoms with Crippen LogP contribution in [0.25, 0.3) is 0 Å². The van der Waals surface area contributed by atoms with Crippen molar-refractivity contribution in [2.24, 2.45) is 11.5 Å². The third-order valence-electron chi connectivity index (χ3n) is 1.35. The second kappa shape index (κ2) is 5.36. The van der Waals surface area contributed by atoms with Crippen molar-refractivity contribution in [1.82, 2.24) is 0 Å². The maximum absolute atomic E-state index is 11.8. The minimum Gasteiger partial charge on any atom is -0.397 e. The van der Waals surface area contributed by atoms with E-state index < -0.39 is 12.6 Å². The van der Waals surface area contributed by atoms with E-state index in [1.807, 2.05) is 0 Å². The van der Waals surface area contributed by atoms with Crippen molar-refractivity contribution >= 4 is 0 Å². The lowest BCUT2D eigenvalue weighted by Gasteiger charge is -2.04. The van der Waals surface area contributed by atoms with Crippen LogP contribution >= 0.6 is 0 Å².